The lowest BCUT2D eigenvalue weighted by molar-refractivity contribution is -0.391. The minimum Gasteiger partial charge on any atom is -0.398 e. The first kappa shape index (κ1) is 32.0. The molecule has 2 heterocycles. The molecular formula is C30H32Cl3N5O3. The molecule has 0 fully saturated rings. The average Bonchev–Trinajstić information content (AvgIpc) is 3.48. The molecule has 1 amide bonds. The summed E-state index contributed by atoms with van der Waals surface area (Å²) in [7, 11) is 3.68. The third kappa shape index (κ3) is 6.52. The number of benzene rings is 3. The van der Waals surface area contributed by atoms with E-state index in [1.807, 2.05) is 67.7 Å². The van der Waals surface area contributed by atoms with Crippen molar-refractivity contribution in [2.45, 2.75) is 19.0 Å². The Morgan fingerprint density at radius 2 is 1.78 bits per heavy atom. The van der Waals surface area contributed by atoms with Gasteiger partial charge in [-0.25, -0.2) is 4.57 Å². The number of nitrogens with two attached hydrogens (primary N) is 1. The van der Waals surface area contributed by atoms with Gasteiger partial charge in [0.1, 0.15) is 5.69 Å². The van der Waals surface area contributed by atoms with E-state index < -0.39 is 0 Å². The van der Waals surface area contributed by atoms with Gasteiger partial charge in [-0.3, -0.25) is 9.69 Å². The summed E-state index contributed by atoms with van der Waals surface area (Å²) in [4.78, 5) is 27.8. The van der Waals surface area contributed by atoms with Gasteiger partial charge in [0.05, 0.1) is 19.3 Å². The van der Waals surface area contributed by atoms with E-state index in [4.69, 9.17) is 17.3 Å². The molecule has 0 aliphatic carbocycles. The van der Waals surface area contributed by atoms with Crippen molar-refractivity contribution in [3.8, 4) is 0 Å². The first-order chi connectivity index (χ1) is 18.8. The number of amides is 1. The fourth-order valence-corrected chi connectivity index (χ4v) is 5.58. The molecule has 11 heteroatoms. The Hall–Kier alpha value is -3.56. The van der Waals surface area contributed by atoms with E-state index in [1.54, 1.807) is 28.7 Å². The summed E-state index contributed by atoms with van der Waals surface area (Å²) < 4.78 is 1.60. The number of halogens is 3. The molecule has 3 aromatic carbocycles. The average molecular weight is 617 g/mol. The summed E-state index contributed by atoms with van der Waals surface area (Å²) in [5.74, 6) is 0.434. The van der Waals surface area contributed by atoms with Crippen LogP contribution < -0.4 is 10.6 Å². The molecule has 41 heavy (non-hydrogen) atoms. The Kier molecular flexibility index (Phi) is 10.4. The predicted molar refractivity (Wildman–Crippen MR) is 171 cm³/mol. The maximum absolute atomic E-state index is 13.3. The first-order valence-corrected chi connectivity index (χ1v) is 13.2. The number of anilines is 2. The lowest BCUT2D eigenvalue weighted by Crippen LogP contribution is -2.28. The van der Waals surface area contributed by atoms with Gasteiger partial charge in [-0.05, 0) is 52.3 Å². The van der Waals surface area contributed by atoms with Crippen molar-refractivity contribution < 1.29 is 9.72 Å². The van der Waals surface area contributed by atoms with E-state index in [2.05, 4.69) is 4.90 Å². The van der Waals surface area contributed by atoms with Crippen LogP contribution in [0.15, 0.2) is 72.8 Å². The second kappa shape index (κ2) is 13.4. The number of aromatic nitrogens is 1. The van der Waals surface area contributed by atoms with E-state index in [0.29, 0.717) is 31.2 Å². The van der Waals surface area contributed by atoms with Crippen molar-refractivity contribution >= 4 is 76.4 Å². The second-order valence-corrected chi connectivity index (χ2v) is 10.3. The van der Waals surface area contributed by atoms with Gasteiger partial charge in [0.2, 0.25) is 0 Å². The van der Waals surface area contributed by atoms with Gasteiger partial charge in [-0.2, -0.15) is 0 Å². The monoisotopic (exact) mass is 615 g/mol. The maximum atomic E-state index is 13.3. The Labute approximate surface area is 256 Å². The highest BCUT2D eigenvalue weighted by Gasteiger charge is 2.33. The summed E-state index contributed by atoms with van der Waals surface area (Å²) >= 11 is 6.32. The van der Waals surface area contributed by atoms with Crippen molar-refractivity contribution in [2.75, 3.05) is 30.1 Å². The SMILES string of the molecule is CN(Cc1ccc(/C=C/C(=O)N2CC(CCl)c3c2cc(N)c2ccccc32)cc1)Cc1ccc([N+](=O)[O-])n1C.Cl.Cl. The van der Waals surface area contributed by atoms with Crippen molar-refractivity contribution in [2.24, 2.45) is 7.05 Å². The highest BCUT2D eigenvalue weighted by atomic mass is 35.5. The molecule has 5 rings (SSSR count). The van der Waals surface area contributed by atoms with Crippen LogP contribution in [0.5, 0.6) is 0 Å². The Bertz CT molecular complexity index is 1590. The van der Waals surface area contributed by atoms with Gasteiger partial charge < -0.3 is 20.7 Å². The number of alkyl halides is 1. The van der Waals surface area contributed by atoms with Crippen LogP contribution in [0.3, 0.4) is 0 Å². The highest BCUT2D eigenvalue weighted by Crippen LogP contribution is 2.44. The number of fused-ring (bicyclic) bond motifs is 3. The Morgan fingerprint density at radius 1 is 1.10 bits per heavy atom. The maximum Gasteiger partial charge on any atom is 0.323 e. The van der Waals surface area contributed by atoms with Gasteiger partial charge in [0.25, 0.3) is 5.91 Å². The predicted octanol–water partition coefficient (Wildman–Crippen LogP) is 6.53. The van der Waals surface area contributed by atoms with Crippen LogP contribution in [-0.2, 0) is 24.9 Å². The van der Waals surface area contributed by atoms with Crippen LogP contribution in [-0.4, -0.2) is 39.8 Å². The summed E-state index contributed by atoms with van der Waals surface area (Å²) in [5, 5.41) is 13.1. The molecule has 1 atom stereocenters. The van der Waals surface area contributed by atoms with Crippen molar-refractivity contribution in [1.29, 1.82) is 0 Å². The molecule has 0 saturated carbocycles. The van der Waals surface area contributed by atoms with Crippen molar-refractivity contribution in [1.82, 2.24) is 9.47 Å². The van der Waals surface area contributed by atoms with Crippen molar-refractivity contribution in [3.05, 3.63) is 105 Å². The molecule has 216 valence electrons. The topological polar surface area (TPSA) is 97.6 Å². The molecule has 0 bridgehead atoms. The van der Waals surface area contributed by atoms with E-state index in [0.717, 1.165) is 38.8 Å². The van der Waals surface area contributed by atoms with Crippen LogP contribution in [0.25, 0.3) is 16.8 Å². The largest absolute Gasteiger partial charge is 0.398 e. The smallest absolute Gasteiger partial charge is 0.323 e. The number of carbonyl (C=O) groups excluding carboxylic acids is 1. The highest BCUT2D eigenvalue weighted by molar-refractivity contribution is 6.19. The molecule has 1 aliphatic rings. The first-order valence-electron chi connectivity index (χ1n) is 12.7. The number of nitro groups is 1. The van der Waals surface area contributed by atoms with Gasteiger partial charge in [0, 0.05) is 48.1 Å². The Morgan fingerprint density at radius 3 is 2.41 bits per heavy atom. The minimum absolute atomic E-state index is 0. The quantitative estimate of drug-likeness (QED) is 0.0799. The van der Waals surface area contributed by atoms with Gasteiger partial charge in [-0.15, -0.1) is 36.4 Å². The third-order valence-corrected chi connectivity index (χ3v) is 7.69. The molecule has 2 N–H and O–H groups in total. The van der Waals surface area contributed by atoms with Gasteiger partial charge in [-0.1, -0.05) is 48.5 Å². The standard InChI is InChI=1S/C30H30ClN5O3.2ClH/c1-33(19-23-12-13-28(34(23)2)36(38)39)17-21-9-7-20(8-10-21)11-14-29(37)35-18-22(16-31)30-25-6-4-3-5-24(25)26(32)15-27(30)35;;/h3-15,22H,16-19,32H2,1-2H3;2*1H/b14-11+;;. The zero-order valence-corrected chi connectivity index (χ0v) is 25.1. The minimum atomic E-state index is -0.378. The van der Waals surface area contributed by atoms with E-state index in [9.17, 15) is 14.9 Å². The lowest BCUT2D eigenvalue weighted by Gasteiger charge is -2.17. The molecule has 8 nitrogen and oxygen atoms in total. The van der Waals surface area contributed by atoms with E-state index >= 15 is 0 Å². The van der Waals surface area contributed by atoms with E-state index in [-0.39, 0.29) is 47.4 Å². The molecule has 0 spiro atoms. The zero-order chi connectivity index (χ0) is 27.7. The summed E-state index contributed by atoms with van der Waals surface area (Å²) in [6.45, 7) is 1.79. The van der Waals surface area contributed by atoms with E-state index in [1.165, 1.54) is 6.07 Å². The van der Waals surface area contributed by atoms with Crippen LogP contribution in [0.2, 0.25) is 0 Å². The molecule has 1 aliphatic heterocycles. The number of carbonyl (C=O) groups is 1. The molecule has 0 saturated heterocycles. The fraction of sp³-hybridized carbons (Fsp3) is 0.233. The molecule has 0 radical (unpaired) electrons. The molecule has 1 aromatic heterocycles. The molecular weight excluding hydrogens is 585 g/mol. The molecule has 1 unspecified atom stereocenters. The summed E-state index contributed by atoms with van der Waals surface area (Å²) in [5.41, 5.74) is 11.8. The summed E-state index contributed by atoms with van der Waals surface area (Å²) in [6.07, 6.45) is 3.41. The van der Waals surface area contributed by atoms with Gasteiger partial charge in [0.15, 0.2) is 0 Å². The van der Waals surface area contributed by atoms with Crippen molar-refractivity contribution in [3.63, 3.8) is 0 Å². The van der Waals surface area contributed by atoms with Crippen LogP contribution >= 0.6 is 36.4 Å². The lowest BCUT2D eigenvalue weighted by atomic mass is 9.95. The second-order valence-electron chi connectivity index (χ2n) is 9.99. The molecule has 4 aromatic rings. The zero-order valence-electron chi connectivity index (χ0n) is 22.7. The van der Waals surface area contributed by atoms with Crippen LogP contribution in [0, 0.1) is 10.1 Å². The number of nitrogen functional groups attached to an aromatic ring is 1. The van der Waals surface area contributed by atoms with Gasteiger partial charge >= 0.3 is 5.82 Å². The normalized spacial score (nSPS) is 14.2. The summed E-state index contributed by atoms with van der Waals surface area (Å²) in [6, 6.07) is 21.2. The van der Waals surface area contributed by atoms with Crippen LogP contribution in [0.1, 0.15) is 28.3 Å². The number of hydrogen-bond donors (Lipinski definition) is 1. The number of rotatable bonds is 8. The fourth-order valence-electron chi connectivity index (χ4n) is 5.33. The number of nitrogens with zero attached hydrogens (tertiary/aromatic N) is 4. The van der Waals surface area contributed by atoms with Crippen LogP contribution in [0.4, 0.5) is 17.2 Å². The third-order valence-electron chi connectivity index (χ3n) is 7.32. The Balaban J connectivity index is 0.00000231. The number of hydrogen-bond acceptors (Lipinski definition) is 5.